The number of phenols is 1. The third-order valence-corrected chi connectivity index (χ3v) is 5.55. The molecule has 150 valence electrons. The summed E-state index contributed by atoms with van der Waals surface area (Å²) in [5, 5.41) is 9.38. The van der Waals surface area contributed by atoms with Gasteiger partial charge in [0, 0.05) is 24.8 Å². The number of hydrogen-bond acceptors (Lipinski definition) is 3. The van der Waals surface area contributed by atoms with Crippen molar-refractivity contribution in [3.63, 3.8) is 0 Å². The summed E-state index contributed by atoms with van der Waals surface area (Å²) in [5.74, 6) is 0.138. The molecule has 0 fully saturated rings. The largest absolute Gasteiger partial charge is 0.508 e. The summed E-state index contributed by atoms with van der Waals surface area (Å²) < 4.78 is 22.6. The zero-order chi connectivity index (χ0) is 19.2. The van der Waals surface area contributed by atoms with Crippen molar-refractivity contribution in [1.29, 1.82) is 0 Å². The van der Waals surface area contributed by atoms with Crippen LogP contribution in [0.1, 0.15) is 76.7 Å². The number of rotatable bonds is 15. The van der Waals surface area contributed by atoms with Gasteiger partial charge >= 0.3 is 0 Å². The van der Waals surface area contributed by atoms with Crippen LogP contribution in [0.2, 0.25) is 0 Å². The molecule has 1 aromatic rings. The van der Waals surface area contributed by atoms with Gasteiger partial charge in [0.05, 0.1) is 0 Å². The number of aromatic hydroxyl groups is 1. The van der Waals surface area contributed by atoms with Crippen LogP contribution in [0.5, 0.6) is 5.75 Å². The maximum Gasteiger partial charge on any atom is 0.234 e. The Hall–Kier alpha value is -1.11. The number of anilines is 1. The molecule has 5 nitrogen and oxygen atoms in total. The normalized spacial score (nSPS) is 12.6. The predicted molar refractivity (Wildman–Crippen MR) is 110 cm³/mol. The highest BCUT2D eigenvalue weighted by molar-refractivity contribution is 7.76. The molecule has 1 rings (SSSR count). The Morgan fingerprint density at radius 1 is 0.962 bits per heavy atom. The molecule has 0 spiro atoms. The number of unbranched alkanes of at least 4 members (excludes halogenated alkanes) is 9. The second kappa shape index (κ2) is 14.0. The van der Waals surface area contributed by atoms with Gasteiger partial charge < -0.3 is 10.8 Å². The van der Waals surface area contributed by atoms with Gasteiger partial charge in [-0.15, -0.1) is 0 Å². The maximum atomic E-state index is 11.5. The first-order chi connectivity index (χ1) is 12.5. The molecule has 0 aliphatic heterocycles. The van der Waals surface area contributed by atoms with E-state index in [0.717, 1.165) is 18.4 Å². The van der Waals surface area contributed by atoms with Gasteiger partial charge in [-0.1, -0.05) is 70.8 Å². The fraction of sp³-hybridized carbons (Fsp3) is 0.700. The molecule has 1 atom stereocenters. The molecular formula is C20H36N2O3S. The van der Waals surface area contributed by atoms with Gasteiger partial charge in [0.25, 0.3) is 0 Å². The summed E-state index contributed by atoms with van der Waals surface area (Å²) in [5.41, 5.74) is 7.28. The van der Waals surface area contributed by atoms with E-state index in [9.17, 15) is 13.9 Å². The average Bonchev–Trinajstić information content (AvgIpc) is 2.60. The average molecular weight is 385 g/mol. The minimum atomic E-state index is -1.96. The lowest BCUT2D eigenvalue weighted by atomic mass is 10.1. The molecule has 0 saturated carbocycles. The Labute approximate surface area is 161 Å². The van der Waals surface area contributed by atoms with Gasteiger partial charge in [-0.3, -0.25) is 4.55 Å². The van der Waals surface area contributed by atoms with Crippen molar-refractivity contribution in [2.24, 2.45) is 0 Å². The van der Waals surface area contributed by atoms with Crippen LogP contribution in [-0.2, 0) is 17.7 Å². The highest BCUT2D eigenvalue weighted by atomic mass is 32.2. The van der Waals surface area contributed by atoms with Crippen molar-refractivity contribution in [1.82, 2.24) is 4.31 Å². The van der Waals surface area contributed by atoms with Gasteiger partial charge in [0.2, 0.25) is 11.3 Å². The van der Waals surface area contributed by atoms with Gasteiger partial charge in [-0.25, -0.2) is 8.51 Å². The minimum Gasteiger partial charge on any atom is -0.508 e. The highest BCUT2D eigenvalue weighted by Gasteiger charge is 2.11. The predicted octanol–water partition coefficient (Wildman–Crippen LogP) is 4.88. The number of nitrogens with zero attached hydrogens (tertiary/aromatic N) is 1. The fourth-order valence-electron chi connectivity index (χ4n) is 3.10. The SMILES string of the molecule is CCCCCCCCCCCCN(CCc1ccc(O)cc1N)S(=O)O. The zero-order valence-electron chi connectivity index (χ0n) is 16.2. The van der Waals surface area contributed by atoms with Crippen LogP contribution >= 0.6 is 0 Å². The smallest absolute Gasteiger partial charge is 0.234 e. The van der Waals surface area contributed by atoms with E-state index >= 15 is 0 Å². The Morgan fingerprint density at radius 3 is 2.08 bits per heavy atom. The van der Waals surface area contributed by atoms with E-state index in [1.54, 1.807) is 16.4 Å². The van der Waals surface area contributed by atoms with Gasteiger partial charge in [-0.05, 0) is 24.5 Å². The monoisotopic (exact) mass is 384 g/mol. The molecule has 0 saturated heterocycles. The summed E-state index contributed by atoms with van der Waals surface area (Å²) in [6.07, 6.45) is 13.1. The van der Waals surface area contributed by atoms with E-state index in [4.69, 9.17) is 5.73 Å². The molecule has 6 heteroatoms. The standard InChI is InChI=1S/C20H36N2O3S/c1-2-3-4-5-6-7-8-9-10-11-15-22(26(24)25)16-14-18-12-13-19(23)17-20(18)21/h12-13,17,23H,2-11,14-16,21H2,1H3,(H,24,25). The lowest BCUT2D eigenvalue weighted by Crippen LogP contribution is -2.29. The molecule has 1 aromatic carbocycles. The first-order valence-electron chi connectivity index (χ1n) is 9.98. The highest BCUT2D eigenvalue weighted by Crippen LogP contribution is 2.19. The Bertz CT molecular complexity index is 526. The number of phenolic OH excluding ortho intramolecular Hbond substituents is 1. The number of hydrogen-bond donors (Lipinski definition) is 3. The lowest BCUT2D eigenvalue weighted by molar-refractivity contribution is 0.386. The van der Waals surface area contributed by atoms with Crippen LogP contribution in [-0.4, -0.2) is 31.3 Å². The van der Waals surface area contributed by atoms with E-state index in [1.807, 2.05) is 0 Å². The van der Waals surface area contributed by atoms with Crippen molar-refractivity contribution in [2.75, 3.05) is 18.8 Å². The molecule has 26 heavy (non-hydrogen) atoms. The summed E-state index contributed by atoms with van der Waals surface area (Å²) in [7, 11) is 0. The van der Waals surface area contributed by atoms with Gasteiger partial charge in [0.1, 0.15) is 5.75 Å². The summed E-state index contributed by atoms with van der Waals surface area (Å²) in [6.45, 7) is 3.34. The van der Waals surface area contributed by atoms with Crippen LogP contribution in [0.15, 0.2) is 18.2 Å². The van der Waals surface area contributed by atoms with E-state index in [1.165, 1.54) is 57.4 Å². The van der Waals surface area contributed by atoms with E-state index in [-0.39, 0.29) is 5.75 Å². The van der Waals surface area contributed by atoms with Gasteiger partial charge in [-0.2, -0.15) is 0 Å². The van der Waals surface area contributed by atoms with Crippen molar-refractivity contribution in [2.45, 2.75) is 77.6 Å². The molecule has 0 amide bonds. The van der Waals surface area contributed by atoms with Crippen LogP contribution in [0.25, 0.3) is 0 Å². The molecule has 0 heterocycles. The number of benzene rings is 1. The second-order valence-electron chi connectivity index (χ2n) is 6.97. The summed E-state index contributed by atoms with van der Waals surface area (Å²) in [4.78, 5) is 0. The topological polar surface area (TPSA) is 86.8 Å². The molecule has 0 aromatic heterocycles. The Kier molecular flexibility index (Phi) is 12.4. The first kappa shape index (κ1) is 22.9. The zero-order valence-corrected chi connectivity index (χ0v) is 17.0. The van der Waals surface area contributed by atoms with Crippen LogP contribution in [0, 0.1) is 0 Å². The molecule has 0 aliphatic rings. The van der Waals surface area contributed by atoms with Crippen LogP contribution in [0.3, 0.4) is 0 Å². The molecule has 4 N–H and O–H groups in total. The third kappa shape index (κ3) is 10.1. The van der Waals surface area contributed by atoms with Crippen molar-refractivity contribution >= 4 is 17.0 Å². The lowest BCUT2D eigenvalue weighted by Gasteiger charge is -2.18. The summed E-state index contributed by atoms with van der Waals surface area (Å²) in [6, 6.07) is 4.87. The van der Waals surface area contributed by atoms with Gasteiger partial charge in [0.15, 0.2) is 0 Å². The van der Waals surface area contributed by atoms with E-state index < -0.39 is 11.3 Å². The van der Waals surface area contributed by atoms with Crippen molar-refractivity contribution in [3.05, 3.63) is 23.8 Å². The van der Waals surface area contributed by atoms with Crippen molar-refractivity contribution < 1.29 is 13.9 Å². The third-order valence-electron chi connectivity index (χ3n) is 4.74. The molecule has 0 aliphatic carbocycles. The minimum absolute atomic E-state index is 0.138. The van der Waals surface area contributed by atoms with E-state index in [0.29, 0.717) is 25.2 Å². The fourth-order valence-corrected chi connectivity index (χ4v) is 3.63. The number of nitrogens with two attached hydrogens (primary N) is 1. The Morgan fingerprint density at radius 2 is 1.54 bits per heavy atom. The molecular weight excluding hydrogens is 348 g/mol. The molecule has 1 unspecified atom stereocenters. The number of nitrogen functional groups attached to an aromatic ring is 1. The maximum absolute atomic E-state index is 11.5. The Balaban J connectivity index is 2.16. The van der Waals surface area contributed by atoms with Crippen LogP contribution < -0.4 is 5.73 Å². The molecule has 0 bridgehead atoms. The first-order valence-corrected chi connectivity index (χ1v) is 11.0. The molecule has 0 radical (unpaired) electrons. The quantitative estimate of drug-likeness (QED) is 0.228. The summed E-state index contributed by atoms with van der Waals surface area (Å²) >= 11 is -1.96. The van der Waals surface area contributed by atoms with E-state index in [2.05, 4.69) is 6.92 Å². The van der Waals surface area contributed by atoms with Crippen LogP contribution in [0.4, 0.5) is 5.69 Å². The second-order valence-corrected chi connectivity index (χ2v) is 7.95. The van der Waals surface area contributed by atoms with Crippen molar-refractivity contribution in [3.8, 4) is 5.75 Å².